The summed E-state index contributed by atoms with van der Waals surface area (Å²) in [5.41, 5.74) is 0.976. The van der Waals surface area contributed by atoms with E-state index in [1.165, 1.54) is 17.0 Å². The summed E-state index contributed by atoms with van der Waals surface area (Å²) in [4.78, 5) is 28.3. The molecule has 0 aliphatic rings. The van der Waals surface area contributed by atoms with Gasteiger partial charge in [-0.1, -0.05) is 72.6 Å². The first-order valence-corrected chi connectivity index (χ1v) is 14.4. The maximum absolute atomic E-state index is 13.8. The molecule has 3 aromatic carbocycles. The van der Waals surface area contributed by atoms with E-state index in [9.17, 15) is 18.0 Å². The van der Waals surface area contributed by atoms with E-state index in [1.807, 2.05) is 13.8 Å². The van der Waals surface area contributed by atoms with Gasteiger partial charge >= 0.3 is 0 Å². The summed E-state index contributed by atoms with van der Waals surface area (Å²) in [6.07, 6.45) is 0.719. The highest BCUT2D eigenvalue weighted by Crippen LogP contribution is 2.26. The Morgan fingerprint density at radius 2 is 1.50 bits per heavy atom. The highest BCUT2D eigenvalue weighted by Gasteiger charge is 2.32. The third-order valence-electron chi connectivity index (χ3n) is 6.16. The largest absolute Gasteiger partial charge is 0.352 e. The minimum atomic E-state index is -4.09. The molecule has 202 valence electrons. The van der Waals surface area contributed by atoms with E-state index in [2.05, 4.69) is 5.32 Å². The molecule has 0 heterocycles. The van der Waals surface area contributed by atoms with Crippen molar-refractivity contribution in [2.45, 2.75) is 50.7 Å². The van der Waals surface area contributed by atoms with E-state index in [1.54, 1.807) is 73.7 Å². The lowest BCUT2D eigenvalue weighted by Gasteiger charge is -2.32. The van der Waals surface area contributed by atoms with Crippen LogP contribution in [-0.4, -0.2) is 43.8 Å². The molecule has 0 aliphatic carbocycles. The fraction of sp³-hybridized carbons (Fsp3) is 0.286. The summed E-state index contributed by atoms with van der Waals surface area (Å²) < 4.78 is 28.4. The Morgan fingerprint density at radius 3 is 2.08 bits per heavy atom. The van der Waals surface area contributed by atoms with Crippen LogP contribution in [0, 0.1) is 0 Å². The molecule has 1 N–H and O–H groups in total. The monoisotopic (exact) mass is 575 g/mol. The van der Waals surface area contributed by atoms with Crippen molar-refractivity contribution in [1.82, 2.24) is 10.2 Å². The van der Waals surface area contributed by atoms with Crippen LogP contribution in [0.1, 0.15) is 32.8 Å². The van der Waals surface area contributed by atoms with E-state index in [4.69, 9.17) is 23.2 Å². The van der Waals surface area contributed by atoms with Crippen molar-refractivity contribution in [3.05, 3.63) is 94.5 Å². The predicted molar refractivity (Wildman–Crippen MR) is 152 cm³/mol. The van der Waals surface area contributed by atoms with E-state index in [0.717, 1.165) is 10.7 Å². The summed E-state index contributed by atoms with van der Waals surface area (Å²) in [5.74, 6) is -0.892. The lowest BCUT2D eigenvalue weighted by atomic mass is 10.1. The van der Waals surface area contributed by atoms with Gasteiger partial charge in [0.05, 0.1) is 20.6 Å². The second-order valence-corrected chi connectivity index (χ2v) is 11.6. The average Bonchev–Trinajstić information content (AvgIpc) is 2.92. The van der Waals surface area contributed by atoms with Crippen molar-refractivity contribution in [2.24, 2.45) is 0 Å². The number of rotatable bonds is 11. The Morgan fingerprint density at radius 1 is 0.895 bits per heavy atom. The van der Waals surface area contributed by atoms with Crippen LogP contribution in [0.5, 0.6) is 0 Å². The molecule has 38 heavy (non-hydrogen) atoms. The highest BCUT2D eigenvalue weighted by molar-refractivity contribution is 7.92. The molecule has 0 radical (unpaired) electrons. The topological polar surface area (TPSA) is 86.8 Å². The molecule has 2 amide bonds. The van der Waals surface area contributed by atoms with Gasteiger partial charge in [0.25, 0.3) is 10.0 Å². The number of halogens is 2. The van der Waals surface area contributed by atoms with E-state index >= 15 is 0 Å². The zero-order chi connectivity index (χ0) is 27.9. The summed E-state index contributed by atoms with van der Waals surface area (Å²) in [7, 11) is -4.09. The van der Waals surface area contributed by atoms with E-state index in [0.29, 0.717) is 21.3 Å². The van der Waals surface area contributed by atoms with Crippen LogP contribution in [-0.2, 0) is 26.2 Å². The van der Waals surface area contributed by atoms with Crippen molar-refractivity contribution in [3.63, 3.8) is 0 Å². The Kier molecular flexibility index (Phi) is 10.2. The zero-order valence-electron chi connectivity index (χ0n) is 21.5. The zero-order valence-corrected chi connectivity index (χ0v) is 23.8. The van der Waals surface area contributed by atoms with Gasteiger partial charge < -0.3 is 10.2 Å². The molecule has 7 nitrogen and oxygen atoms in total. The van der Waals surface area contributed by atoms with Gasteiger partial charge in [-0.15, -0.1) is 0 Å². The van der Waals surface area contributed by atoms with Gasteiger partial charge in [-0.3, -0.25) is 13.9 Å². The Balaban J connectivity index is 2.00. The third-order valence-corrected chi connectivity index (χ3v) is 8.69. The van der Waals surface area contributed by atoms with E-state index < -0.39 is 28.5 Å². The Bertz CT molecular complexity index is 1360. The molecule has 3 rings (SSSR count). The SMILES string of the molecule is CC[C@@H](C)NC(=O)[C@H](C)N(Cc1ccc(Cl)c(Cl)c1)C(=O)CN(c1ccccc1)S(=O)(=O)c1ccccc1. The van der Waals surface area contributed by atoms with Crippen LogP contribution < -0.4 is 9.62 Å². The van der Waals surface area contributed by atoms with Crippen molar-refractivity contribution in [2.75, 3.05) is 10.8 Å². The first kappa shape index (κ1) is 29.5. The number of para-hydroxylation sites is 1. The fourth-order valence-corrected chi connectivity index (χ4v) is 5.48. The summed E-state index contributed by atoms with van der Waals surface area (Å²) in [5, 5.41) is 3.57. The molecule has 0 aromatic heterocycles. The molecule has 0 aliphatic heterocycles. The highest BCUT2D eigenvalue weighted by atomic mass is 35.5. The number of benzene rings is 3. The van der Waals surface area contributed by atoms with Gasteiger partial charge in [-0.2, -0.15) is 0 Å². The number of hydrogen-bond acceptors (Lipinski definition) is 4. The van der Waals surface area contributed by atoms with Crippen molar-refractivity contribution >= 4 is 50.7 Å². The molecule has 0 saturated heterocycles. The quantitative estimate of drug-likeness (QED) is 0.326. The van der Waals surface area contributed by atoms with Gasteiger partial charge in [0, 0.05) is 12.6 Å². The van der Waals surface area contributed by atoms with Crippen molar-refractivity contribution < 1.29 is 18.0 Å². The number of carbonyl (C=O) groups excluding carboxylic acids is 2. The molecule has 10 heteroatoms. The van der Waals surface area contributed by atoms with Gasteiger partial charge in [-0.25, -0.2) is 8.42 Å². The molecule has 2 atom stereocenters. The summed E-state index contributed by atoms with van der Waals surface area (Å²) in [6, 6.07) is 20.3. The number of nitrogens with one attached hydrogen (secondary N) is 1. The lowest BCUT2D eigenvalue weighted by Crippen LogP contribution is -2.52. The van der Waals surface area contributed by atoms with Crippen LogP contribution in [0.4, 0.5) is 5.69 Å². The van der Waals surface area contributed by atoms with Crippen molar-refractivity contribution in [3.8, 4) is 0 Å². The first-order chi connectivity index (χ1) is 18.0. The number of carbonyl (C=O) groups is 2. The molecular formula is C28H31Cl2N3O4S. The predicted octanol–water partition coefficient (Wildman–Crippen LogP) is 5.52. The van der Waals surface area contributed by atoms with Gasteiger partial charge in [0.2, 0.25) is 11.8 Å². The Hall–Kier alpha value is -3.07. The van der Waals surface area contributed by atoms with Gasteiger partial charge in [0.1, 0.15) is 12.6 Å². The van der Waals surface area contributed by atoms with Crippen LogP contribution >= 0.6 is 23.2 Å². The van der Waals surface area contributed by atoms with Crippen LogP contribution in [0.2, 0.25) is 10.0 Å². The minimum absolute atomic E-state index is 0.0266. The number of amides is 2. The number of sulfonamides is 1. The summed E-state index contributed by atoms with van der Waals surface area (Å²) in [6.45, 7) is 4.95. The second-order valence-electron chi connectivity index (χ2n) is 8.92. The summed E-state index contributed by atoms with van der Waals surface area (Å²) >= 11 is 12.3. The first-order valence-electron chi connectivity index (χ1n) is 12.2. The Labute approximate surface area is 234 Å². The standard InChI is InChI=1S/C28H31Cl2N3O4S/c1-4-20(2)31-28(35)21(3)32(18-22-15-16-25(29)26(30)17-22)27(34)19-33(23-11-7-5-8-12-23)38(36,37)24-13-9-6-10-14-24/h5-17,20-21H,4,18-19H2,1-3H3,(H,31,35)/t20-,21+/m1/s1. The molecule has 0 spiro atoms. The number of nitrogens with zero attached hydrogens (tertiary/aromatic N) is 2. The smallest absolute Gasteiger partial charge is 0.264 e. The van der Waals surface area contributed by atoms with Gasteiger partial charge in [0.15, 0.2) is 0 Å². The van der Waals surface area contributed by atoms with Crippen molar-refractivity contribution in [1.29, 1.82) is 0 Å². The average molecular weight is 577 g/mol. The molecule has 0 saturated carbocycles. The molecule has 0 bridgehead atoms. The van der Waals surface area contributed by atoms with Gasteiger partial charge in [-0.05, 0) is 62.2 Å². The molecular weight excluding hydrogens is 545 g/mol. The van der Waals surface area contributed by atoms with Crippen LogP contribution in [0.25, 0.3) is 0 Å². The molecule has 0 unspecified atom stereocenters. The molecule has 3 aromatic rings. The maximum atomic E-state index is 13.8. The fourth-order valence-electron chi connectivity index (χ4n) is 3.73. The third kappa shape index (κ3) is 7.28. The maximum Gasteiger partial charge on any atom is 0.264 e. The van der Waals surface area contributed by atoms with E-state index in [-0.39, 0.29) is 23.4 Å². The number of anilines is 1. The minimum Gasteiger partial charge on any atom is -0.352 e. The molecule has 0 fully saturated rings. The van der Waals surface area contributed by atoms with Crippen LogP contribution in [0.15, 0.2) is 83.8 Å². The normalized spacial score (nSPS) is 12.9. The van der Waals surface area contributed by atoms with Crippen LogP contribution in [0.3, 0.4) is 0 Å². The number of hydrogen-bond donors (Lipinski definition) is 1. The lowest BCUT2D eigenvalue weighted by molar-refractivity contribution is -0.139. The second kappa shape index (κ2) is 13.1.